The molecule has 2 rings (SSSR count). The number of nitrogens with one attached hydrogen (secondary N) is 2. The first-order valence-corrected chi connectivity index (χ1v) is 12.4. The average molecular weight is 440 g/mol. The van der Waals surface area contributed by atoms with Crippen molar-refractivity contribution in [2.45, 2.75) is 69.0 Å². The molecule has 0 saturated heterocycles. The van der Waals surface area contributed by atoms with E-state index in [9.17, 15) is 17.6 Å². The van der Waals surface area contributed by atoms with Gasteiger partial charge in [-0.15, -0.1) is 0 Å². The predicted octanol–water partition coefficient (Wildman–Crippen LogP) is 3.75. The molecule has 30 heavy (non-hydrogen) atoms. The second-order valence-electron chi connectivity index (χ2n) is 7.91. The number of aromatic nitrogens is 1. The third-order valence-corrected chi connectivity index (χ3v) is 8.03. The Morgan fingerprint density at radius 2 is 1.87 bits per heavy atom. The number of sulfonamides is 1. The molecule has 1 saturated carbocycles. The number of carbonyl (C=O) groups excluding carboxylic acids is 1. The van der Waals surface area contributed by atoms with Gasteiger partial charge in [0, 0.05) is 31.6 Å². The Balaban J connectivity index is 1.58. The normalized spacial score (nSPS) is 16.6. The maximum Gasteiger partial charge on any atom is 0.243 e. The van der Waals surface area contributed by atoms with Gasteiger partial charge in [-0.05, 0) is 49.8 Å². The SMILES string of the molecule is O=C(/C=C/c1cccnc1)NCCCCCCNS(=O)(=O)C1(CCF)CCCCC1. The molecule has 1 amide bonds. The summed E-state index contributed by atoms with van der Waals surface area (Å²) >= 11 is 0. The maximum atomic E-state index is 13.0. The van der Waals surface area contributed by atoms with E-state index < -0.39 is 21.4 Å². The van der Waals surface area contributed by atoms with Crippen molar-refractivity contribution in [2.24, 2.45) is 0 Å². The second-order valence-corrected chi connectivity index (χ2v) is 10.1. The van der Waals surface area contributed by atoms with Gasteiger partial charge in [0.15, 0.2) is 0 Å². The maximum absolute atomic E-state index is 13.0. The lowest BCUT2D eigenvalue weighted by Gasteiger charge is -2.36. The van der Waals surface area contributed by atoms with E-state index in [0.29, 0.717) is 25.9 Å². The van der Waals surface area contributed by atoms with Crippen LogP contribution in [-0.2, 0) is 14.8 Å². The lowest BCUT2D eigenvalue weighted by atomic mass is 9.86. The van der Waals surface area contributed by atoms with Crippen LogP contribution in [0.3, 0.4) is 0 Å². The van der Waals surface area contributed by atoms with Crippen LogP contribution in [0, 0.1) is 0 Å². The summed E-state index contributed by atoms with van der Waals surface area (Å²) < 4.78 is 40.2. The molecule has 0 unspecified atom stereocenters. The van der Waals surface area contributed by atoms with Crippen LogP contribution in [0.2, 0.25) is 0 Å². The Kier molecular flexibility index (Phi) is 10.4. The van der Waals surface area contributed by atoms with E-state index >= 15 is 0 Å². The summed E-state index contributed by atoms with van der Waals surface area (Å²) in [6, 6.07) is 3.69. The van der Waals surface area contributed by atoms with Gasteiger partial charge in [-0.1, -0.05) is 38.2 Å². The van der Waals surface area contributed by atoms with Gasteiger partial charge in [-0.25, -0.2) is 13.1 Å². The van der Waals surface area contributed by atoms with E-state index in [0.717, 1.165) is 50.5 Å². The molecule has 1 aromatic heterocycles. The number of pyridine rings is 1. The number of amides is 1. The van der Waals surface area contributed by atoms with Crippen LogP contribution < -0.4 is 10.0 Å². The van der Waals surface area contributed by atoms with Gasteiger partial charge in [0.2, 0.25) is 15.9 Å². The largest absolute Gasteiger partial charge is 0.353 e. The summed E-state index contributed by atoms with van der Waals surface area (Å²) in [4.78, 5) is 15.8. The van der Waals surface area contributed by atoms with Gasteiger partial charge >= 0.3 is 0 Å². The molecule has 0 radical (unpaired) electrons. The van der Waals surface area contributed by atoms with Crippen LogP contribution in [0.1, 0.15) is 69.8 Å². The highest BCUT2D eigenvalue weighted by Crippen LogP contribution is 2.37. The summed E-state index contributed by atoms with van der Waals surface area (Å²) in [7, 11) is -3.50. The summed E-state index contributed by atoms with van der Waals surface area (Å²) in [6.07, 6.45) is 13.9. The van der Waals surface area contributed by atoms with Crippen LogP contribution in [0.15, 0.2) is 30.6 Å². The Bertz CT molecular complexity index is 758. The Morgan fingerprint density at radius 1 is 1.13 bits per heavy atom. The number of unbranched alkanes of at least 4 members (excludes halogenated alkanes) is 3. The molecule has 1 heterocycles. The third kappa shape index (κ3) is 7.80. The number of carbonyl (C=O) groups is 1. The van der Waals surface area contributed by atoms with Gasteiger partial charge < -0.3 is 5.32 Å². The highest BCUT2D eigenvalue weighted by Gasteiger charge is 2.43. The summed E-state index contributed by atoms with van der Waals surface area (Å²) in [5.74, 6) is -0.141. The fourth-order valence-corrected chi connectivity index (χ4v) is 5.79. The van der Waals surface area contributed by atoms with E-state index in [-0.39, 0.29) is 12.3 Å². The fraction of sp³-hybridized carbons (Fsp3) is 0.636. The number of nitrogens with zero attached hydrogens (tertiary/aromatic N) is 1. The molecule has 6 nitrogen and oxygen atoms in total. The minimum absolute atomic E-state index is 0.0945. The number of alkyl halides is 1. The van der Waals surface area contributed by atoms with Crippen molar-refractivity contribution in [1.29, 1.82) is 0 Å². The highest BCUT2D eigenvalue weighted by molar-refractivity contribution is 7.90. The van der Waals surface area contributed by atoms with Crippen LogP contribution in [0.25, 0.3) is 6.08 Å². The predicted molar refractivity (Wildman–Crippen MR) is 118 cm³/mol. The van der Waals surface area contributed by atoms with Crippen LogP contribution in [0.4, 0.5) is 4.39 Å². The molecule has 1 aromatic rings. The smallest absolute Gasteiger partial charge is 0.243 e. The van der Waals surface area contributed by atoms with Gasteiger partial charge in [-0.3, -0.25) is 14.2 Å². The first kappa shape index (κ1) is 24.5. The third-order valence-electron chi connectivity index (χ3n) is 5.69. The van der Waals surface area contributed by atoms with E-state index in [1.807, 2.05) is 12.1 Å². The van der Waals surface area contributed by atoms with Gasteiger partial charge in [0.25, 0.3) is 0 Å². The zero-order valence-corrected chi connectivity index (χ0v) is 18.4. The molecular weight excluding hydrogens is 405 g/mol. The van der Waals surface area contributed by atoms with Crippen molar-refractivity contribution in [1.82, 2.24) is 15.0 Å². The fourth-order valence-electron chi connectivity index (χ4n) is 3.90. The molecule has 168 valence electrons. The zero-order chi connectivity index (χ0) is 21.7. The summed E-state index contributed by atoms with van der Waals surface area (Å²) in [6.45, 7) is 0.377. The molecule has 0 spiro atoms. The number of hydrogen-bond donors (Lipinski definition) is 2. The Hall–Kier alpha value is -1.80. The molecule has 0 aromatic carbocycles. The van der Waals surface area contributed by atoms with Crippen LogP contribution in [-0.4, -0.2) is 43.8 Å². The summed E-state index contributed by atoms with van der Waals surface area (Å²) in [5, 5.41) is 2.84. The molecule has 1 fully saturated rings. The number of halogens is 1. The van der Waals surface area contributed by atoms with Crippen molar-refractivity contribution in [2.75, 3.05) is 19.8 Å². The highest BCUT2D eigenvalue weighted by atomic mass is 32.2. The van der Waals surface area contributed by atoms with Gasteiger partial charge in [-0.2, -0.15) is 0 Å². The molecule has 1 aliphatic carbocycles. The van der Waals surface area contributed by atoms with Crippen molar-refractivity contribution >= 4 is 22.0 Å². The average Bonchev–Trinajstić information content (AvgIpc) is 2.75. The Morgan fingerprint density at radius 3 is 2.53 bits per heavy atom. The molecule has 0 bridgehead atoms. The second kappa shape index (κ2) is 12.8. The molecule has 0 aliphatic heterocycles. The topological polar surface area (TPSA) is 88.2 Å². The van der Waals surface area contributed by atoms with Crippen molar-refractivity contribution in [3.8, 4) is 0 Å². The van der Waals surface area contributed by atoms with E-state index in [1.54, 1.807) is 18.5 Å². The minimum atomic E-state index is -3.50. The minimum Gasteiger partial charge on any atom is -0.353 e. The number of rotatable bonds is 13. The monoisotopic (exact) mass is 439 g/mol. The van der Waals surface area contributed by atoms with E-state index in [1.165, 1.54) is 6.08 Å². The van der Waals surface area contributed by atoms with Crippen molar-refractivity contribution < 1.29 is 17.6 Å². The first-order chi connectivity index (χ1) is 14.5. The van der Waals surface area contributed by atoms with E-state index in [4.69, 9.17) is 0 Å². The van der Waals surface area contributed by atoms with E-state index in [2.05, 4.69) is 15.0 Å². The van der Waals surface area contributed by atoms with Gasteiger partial charge in [0.1, 0.15) is 0 Å². The van der Waals surface area contributed by atoms with Crippen molar-refractivity contribution in [3.05, 3.63) is 36.2 Å². The standard InChI is InChI=1S/C22H34FN3O3S/c23-15-14-22(12-4-3-5-13-22)30(28,29)26-18-7-2-1-6-17-25-21(27)11-10-20-9-8-16-24-19-20/h8-11,16,19,26H,1-7,12-15,17-18H2,(H,25,27)/b11-10+. The molecular formula is C22H34FN3O3S. The summed E-state index contributed by atoms with van der Waals surface area (Å²) in [5.41, 5.74) is 0.872. The quantitative estimate of drug-likeness (QED) is 0.362. The Labute approximate surface area is 179 Å². The zero-order valence-electron chi connectivity index (χ0n) is 17.6. The van der Waals surface area contributed by atoms with Crippen LogP contribution >= 0.6 is 0 Å². The lowest BCUT2D eigenvalue weighted by molar-refractivity contribution is -0.116. The van der Waals surface area contributed by atoms with Crippen molar-refractivity contribution in [3.63, 3.8) is 0 Å². The molecule has 1 aliphatic rings. The van der Waals surface area contributed by atoms with Crippen LogP contribution in [0.5, 0.6) is 0 Å². The number of hydrogen-bond acceptors (Lipinski definition) is 4. The van der Waals surface area contributed by atoms with Gasteiger partial charge in [0.05, 0.1) is 11.4 Å². The molecule has 0 atom stereocenters. The molecule has 2 N–H and O–H groups in total. The molecule has 8 heteroatoms. The first-order valence-electron chi connectivity index (χ1n) is 10.9. The lowest BCUT2D eigenvalue weighted by Crippen LogP contribution is -2.48.